The number of aromatic carboxylic acids is 1. The van der Waals surface area contributed by atoms with Crippen LogP contribution >= 0.6 is 0 Å². The smallest absolute Gasteiger partial charge is 0.335 e. The molecule has 53 heavy (non-hydrogen) atoms. The number of ether oxygens (including phenoxy) is 3. The highest BCUT2D eigenvalue weighted by Gasteiger charge is 2.26. The second kappa shape index (κ2) is 16.9. The van der Waals surface area contributed by atoms with Crippen LogP contribution < -0.4 is 26.1 Å². The highest BCUT2D eigenvalue weighted by Crippen LogP contribution is 2.31. The number of nitrogens with two attached hydrogens (primary N) is 1. The highest BCUT2D eigenvalue weighted by molar-refractivity contribution is 6.04. The second-order valence-electron chi connectivity index (χ2n) is 11.8. The summed E-state index contributed by atoms with van der Waals surface area (Å²) < 4.78 is 19.7. The molecule has 0 aliphatic heterocycles. The lowest BCUT2D eigenvalue weighted by molar-refractivity contribution is -0.150. The van der Waals surface area contributed by atoms with E-state index in [0.717, 1.165) is 5.39 Å². The molecule has 6 aromatic rings. The average Bonchev–Trinajstić information content (AvgIpc) is 3.40. The van der Waals surface area contributed by atoms with Gasteiger partial charge in [0.2, 0.25) is 0 Å². The number of carboxylic acid groups (broad SMARTS) is 1. The third kappa shape index (κ3) is 9.11. The predicted octanol–water partition coefficient (Wildman–Crippen LogP) is 5.61. The molecule has 0 saturated heterocycles. The predicted molar refractivity (Wildman–Crippen MR) is 198 cm³/mol. The van der Waals surface area contributed by atoms with E-state index < -0.39 is 35.6 Å². The highest BCUT2D eigenvalue weighted by atomic mass is 16.5. The minimum absolute atomic E-state index is 0.0691. The van der Waals surface area contributed by atoms with Crippen LogP contribution in [0.25, 0.3) is 16.6 Å². The Kier molecular flexibility index (Phi) is 12.0. The number of carbonyl (C=O) groups is 3. The molecule has 0 fully saturated rings. The van der Waals surface area contributed by atoms with Crippen molar-refractivity contribution in [3.05, 3.63) is 137 Å². The van der Waals surface area contributed by atoms with Crippen LogP contribution in [0.4, 0.5) is 5.82 Å². The first-order valence-corrected chi connectivity index (χ1v) is 16.5. The normalized spacial score (nSPS) is 11.8. The van der Waals surface area contributed by atoms with E-state index in [2.05, 4.69) is 15.3 Å². The fourth-order valence-electron chi connectivity index (χ4n) is 5.26. The molecular formula is C39H38N6O8. The zero-order valence-corrected chi connectivity index (χ0v) is 29.4. The third-order valence-corrected chi connectivity index (χ3v) is 7.88. The maximum Gasteiger partial charge on any atom is 0.335 e. The number of benzene rings is 3. The minimum Gasteiger partial charge on any atom is -0.497 e. The molecule has 6 rings (SSSR count). The zero-order valence-electron chi connectivity index (χ0n) is 29.4. The molecule has 4 N–H and O–H groups in total. The van der Waals surface area contributed by atoms with Crippen molar-refractivity contribution in [1.82, 2.24) is 19.3 Å². The quantitative estimate of drug-likeness (QED) is 0.141. The molecule has 1 amide bonds. The van der Waals surface area contributed by atoms with Crippen molar-refractivity contribution in [2.24, 2.45) is 5.73 Å². The molecule has 3 aromatic carbocycles. The summed E-state index contributed by atoms with van der Waals surface area (Å²) in [5.74, 6) is -0.148. The molecule has 2 unspecified atom stereocenters. The summed E-state index contributed by atoms with van der Waals surface area (Å²) in [6.07, 6.45) is 2.48. The SMILES string of the molecule is COc1ccc2c(Oc3ccc(NC(=O)c4c(C)n(CC(C)OC(=O)C(C)N)n(-c5ccccc5)c4=O)nc3)ccnc2c1.O=C(O)c1ccccc1. The molecule has 272 valence electrons. The van der Waals surface area contributed by atoms with Gasteiger partial charge in [-0.3, -0.25) is 24.0 Å². The Labute approximate surface area is 304 Å². The van der Waals surface area contributed by atoms with E-state index in [-0.39, 0.29) is 17.9 Å². The van der Waals surface area contributed by atoms with Gasteiger partial charge < -0.3 is 30.4 Å². The molecule has 0 aliphatic rings. The largest absolute Gasteiger partial charge is 0.497 e. The number of esters is 1. The Balaban J connectivity index is 0.000000526. The number of rotatable bonds is 11. The van der Waals surface area contributed by atoms with Gasteiger partial charge in [0.25, 0.3) is 11.5 Å². The van der Waals surface area contributed by atoms with E-state index in [9.17, 15) is 19.2 Å². The van der Waals surface area contributed by atoms with Gasteiger partial charge in [0, 0.05) is 17.6 Å². The van der Waals surface area contributed by atoms with Crippen LogP contribution in [-0.2, 0) is 16.1 Å². The summed E-state index contributed by atoms with van der Waals surface area (Å²) in [7, 11) is 1.59. The van der Waals surface area contributed by atoms with Crippen molar-refractivity contribution in [2.45, 2.75) is 39.5 Å². The Bertz CT molecular complexity index is 2270. The first-order chi connectivity index (χ1) is 25.5. The first kappa shape index (κ1) is 37.5. The molecule has 0 bridgehead atoms. The number of nitrogens with zero attached hydrogens (tertiary/aromatic N) is 4. The molecule has 0 radical (unpaired) electrons. The number of fused-ring (bicyclic) bond motifs is 1. The number of nitrogens with one attached hydrogen (secondary N) is 1. The number of carboxylic acids is 1. The Hall–Kier alpha value is -6.80. The van der Waals surface area contributed by atoms with E-state index in [1.54, 1.807) is 105 Å². The van der Waals surface area contributed by atoms with Crippen molar-refractivity contribution >= 4 is 34.6 Å². The van der Waals surface area contributed by atoms with Crippen LogP contribution in [0.5, 0.6) is 17.2 Å². The minimum atomic E-state index is -0.879. The lowest BCUT2D eigenvalue weighted by atomic mass is 10.2. The van der Waals surface area contributed by atoms with Crippen molar-refractivity contribution in [2.75, 3.05) is 12.4 Å². The lowest BCUT2D eigenvalue weighted by Crippen LogP contribution is -2.34. The number of aromatic nitrogens is 4. The molecule has 14 heteroatoms. The maximum absolute atomic E-state index is 13.7. The number of para-hydroxylation sites is 1. The van der Waals surface area contributed by atoms with Crippen LogP contribution in [0.15, 0.2) is 114 Å². The van der Waals surface area contributed by atoms with E-state index in [1.165, 1.54) is 17.8 Å². The molecule has 2 atom stereocenters. The van der Waals surface area contributed by atoms with E-state index >= 15 is 0 Å². The number of carbonyl (C=O) groups excluding carboxylic acids is 2. The maximum atomic E-state index is 13.7. The lowest BCUT2D eigenvalue weighted by Gasteiger charge is -2.19. The molecular weight excluding hydrogens is 680 g/mol. The van der Waals surface area contributed by atoms with E-state index in [4.69, 9.17) is 25.1 Å². The fourth-order valence-corrected chi connectivity index (χ4v) is 5.26. The number of amides is 1. The summed E-state index contributed by atoms with van der Waals surface area (Å²) in [5, 5.41) is 11.9. The van der Waals surface area contributed by atoms with Gasteiger partial charge in [-0.15, -0.1) is 0 Å². The Morgan fingerprint density at radius 3 is 2.19 bits per heavy atom. The molecule has 14 nitrogen and oxygen atoms in total. The average molecular weight is 719 g/mol. The molecule has 3 heterocycles. The summed E-state index contributed by atoms with van der Waals surface area (Å²) in [4.78, 5) is 58.1. The van der Waals surface area contributed by atoms with Gasteiger partial charge >= 0.3 is 11.9 Å². The number of hydrogen-bond donors (Lipinski definition) is 3. The summed E-state index contributed by atoms with van der Waals surface area (Å²) in [6.45, 7) is 5.00. The van der Waals surface area contributed by atoms with Gasteiger partial charge in [-0.25, -0.2) is 14.5 Å². The Morgan fingerprint density at radius 1 is 0.906 bits per heavy atom. The van der Waals surface area contributed by atoms with Gasteiger partial charge in [0.05, 0.1) is 42.3 Å². The van der Waals surface area contributed by atoms with Gasteiger partial charge in [0.15, 0.2) is 0 Å². The topological polar surface area (TPSA) is 190 Å². The zero-order chi connectivity index (χ0) is 38.1. The number of hydrogen-bond acceptors (Lipinski definition) is 10. The van der Waals surface area contributed by atoms with Crippen LogP contribution in [0, 0.1) is 6.92 Å². The summed E-state index contributed by atoms with van der Waals surface area (Å²) in [6, 6.07) is 26.9. The van der Waals surface area contributed by atoms with Gasteiger partial charge in [-0.2, -0.15) is 0 Å². The first-order valence-electron chi connectivity index (χ1n) is 16.5. The monoisotopic (exact) mass is 718 g/mol. The standard InChI is InChI=1S/C32H32N6O6.C7H6O2/c1-19(43-32(41)20(2)33)18-37-21(3)29(31(40)38(37)22-8-6-5-7-9-22)30(39)36-28-13-11-24(17-35-28)44-27-14-15-34-26-16-23(42-4)10-12-25(26)27;8-7(9)6-4-2-1-3-5-6/h5-17,19-20H,18,33H2,1-4H3,(H,35,36,39);1-5H,(H,8,9). The van der Waals surface area contributed by atoms with Crippen molar-refractivity contribution in [3.63, 3.8) is 0 Å². The fraction of sp³-hybridized carbons (Fsp3) is 0.179. The van der Waals surface area contributed by atoms with Crippen molar-refractivity contribution in [3.8, 4) is 22.9 Å². The van der Waals surface area contributed by atoms with Crippen LogP contribution in [0.1, 0.15) is 40.3 Å². The van der Waals surface area contributed by atoms with Gasteiger partial charge in [-0.05, 0) is 75.4 Å². The molecule has 0 aliphatic carbocycles. The molecule has 3 aromatic heterocycles. The van der Waals surface area contributed by atoms with Crippen molar-refractivity contribution in [1.29, 1.82) is 0 Å². The Morgan fingerprint density at radius 2 is 1.58 bits per heavy atom. The third-order valence-electron chi connectivity index (χ3n) is 7.88. The van der Waals surface area contributed by atoms with E-state index in [0.29, 0.717) is 39.7 Å². The van der Waals surface area contributed by atoms with Crippen molar-refractivity contribution < 1.29 is 33.7 Å². The van der Waals surface area contributed by atoms with Gasteiger partial charge in [0.1, 0.15) is 40.8 Å². The van der Waals surface area contributed by atoms with Crippen LogP contribution in [0.3, 0.4) is 0 Å². The van der Waals surface area contributed by atoms with E-state index in [1.807, 2.05) is 24.3 Å². The molecule has 0 saturated carbocycles. The summed E-state index contributed by atoms with van der Waals surface area (Å²) >= 11 is 0. The number of methoxy groups -OCH3 is 1. The summed E-state index contributed by atoms with van der Waals surface area (Å²) in [5.41, 5.74) is 7.02. The molecule has 0 spiro atoms. The van der Waals surface area contributed by atoms with Crippen LogP contribution in [-0.4, -0.2) is 61.5 Å². The second-order valence-corrected chi connectivity index (χ2v) is 11.8. The number of pyridine rings is 2. The van der Waals surface area contributed by atoms with Crippen LogP contribution in [0.2, 0.25) is 0 Å². The van der Waals surface area contributed by atoms with Gasteiger partial charge in [-0.1, -0.05) is 36.4 Å². The number of anilines is 1.